The molecule has 0 saturated carbocycles. The number of nitro benzene ring substituents is 1. The highest BCUT2D eigenvalue weighted by Crippen LogP contribution is 2.31. The van der Waals surface area contributed by atoms with Crippen LogP contribution in [0.15, 0.2) is 35.2 Å². The van der Waals surface area contributed by atoms with E-state index in [-0.39, 0.29) is 10.7 Å². The average molecular weight is 339 g/mol. The number of nitrogens with zero attached hydrogens (tertiary/aromatic N) is 3. The first kappa shape index (κ1) is 13.9. The van der Waals surface area contributed by atoms with E-state index in [9.17, 15) is 10.1 Å². The van der Waals surface area contributed by atoms with Gasteiger partial charge in [0.2, 0.25) is 0 Å². The molecular formula is C12H7ClN4O2S2. The minimum Gasteiger partial charge on any atom is -0.331 e. The van der Waals surface area contributed by atoms with Crippen molar-refractivity contribution in [2.75, 3.05) is 5.32 Å². The van der Waals surface area contributed by atoms with E-state index in [1.807, 2.05) is 10.8 Å². The summed E-state index contributed by atoms with van der Waals surface area (Å²) in [5, 5.41) is 19.2. The summed E-state index contributed by atoms with van der Waals surface area (Å²) in [6.45, 7) is 0. The zero-order valence-electron chi connectivity index (χ0n) is 10.3. The predicted octanol–water partition coefficient (Wildman–Crippen LogP) is 4.57. The van der Waals surface area contributed by atoms with Crippen LogP contribution in [0.4, 0.5) is 16.5 Å². The van der Waals surface area contributed by atoms with Gasteiger partial charge in [0.05, 0.1) is 4.92 Å². The van der Waals surface area contributed by atoms with Crippen molar-refractivity contribution in [3.05, 3.63) is 50.3 Å². The summed E-state index contributed by atoms with van der Waals surface area (Å²) in [5.41, 5.74) is 1.32. The van der Waals surface area contributed by atoms with Gasteiger partial charge in [-0.15, -0.1) is 22.7 Å². The lowest BCUT2D eigenvalue weighted by Crippen LogP contribution is -1.93. The maximum absolute atomic E-state index is 10.7. The Labute approximate surface area is 132 Å². The van der Waals surface area contributed by atoms with Crippen molar-refractivity contribution in [2.24, 2.45) is 0 Å². The van der Waals surface area contributed by atoms with Crippen LogP contribution in [-0.4, -0.2) is 14.9 Å². The quantitative estimate of drug-likeness (QED) is 0.556. The Kier molecular flexibility index (Phi) is 3.82. The third kappa shape index (κ3) is 3.02. The van der Waals surface area contributed by atoms with Gasteiger partial charge in [0.25, 0.3) is 5.69 Å². The Morgan fingerprint density at radius 3 is 2.86 bits per heavy atom. The predicted molar refractivity (Wildman–Crippen MR) is 84.6 cm³/mol. The molecule has 0 aliphatic carbocycles. The van der Waals surface area contributed by atoms with E-state index in [0.717, 1.165) is 10.7 Å². The molecular weight excluding hydrogens is 332 g/mol. The Morgan fingerprint density at radius 1 is 1.33 bits per heavy atom. The van der Waals surface area contributed by atoms with Gasteiger partial charge in [-0.3, -0.25) is 10.1 Å². The second-order valence-electron chi connectivity index (χ2n) is 3.92. The van der Waals surface area contributed by atoms with Crippen LogP contribution in [0.25, 0.3) is 10.7 Å². The Morgan fingerprint density at radius 2 is 2.19 bits per heavy atom. The number of aromatic nitrogens is 2. The Bertz CT molecular complexity index is 788. The Hall–Kier alpha value is -2.03. The van der Waals surface area contributed by atoms with Crippen molar-refractivity contribution < 1.29 is 4.92 Å². The van der Waals surface area contributed by atoms with Crippen LogP contribution in [0, 0.1) is 10.1 Å². The fourth-order valence-corrected chi connectivity index (χ4v) is 3.27. The van der Waals surface area contributed by atoms with Crippen LogP contribution in [0.1, 0.15) is 0 Å². The highest BCUT2D eigenvalue weighted by Gasteiger charge is 2.13. The molecule has 3 aromatic rings. The van der Waals surface area contributed by atoms with E-state index < -0.39 is 4.92 Å². The van der Waals surface area contributed by atoms with Gasteiger partial charge in [0.15, 0.2) is 5.13 Å². The molecule has 0 radical (unpaired) electrons. The van der Waals surface area contributed by atoms with Gasteiger partial charge in [-0.2, -0.15) is 0 Å². The first-order valence-corrected chi connectivity index (χ1v) is 7.83. The molecule has 0 aliphatic heterocycles. The summed E-state index contributed by atoms with van der Waals surface area (Å²) < 4.78 is 0. The van der Waals surface area contributed by atoms with Crippen LogP contribution in [0.5, 0.6) is 0 Å². The van der Waals surface area contributed by atoms with Gasteiger partial charge in [0, 0.05) is 28.7 Å². The third-order valence-corrected chi connectivity index (χ3v) is 4.41. The lowest BCUT2D eigenvalue weighted by molar-refractivity contribution is -0.384. The number of rotatable bonds is 4. The van der Waals surface area contributed by atoms with E-state index >= 15 is 0 Å². The lowest BCUT2D eigenvalue weighted by atomic mass is 10.3. The second-order valence-corrected chi connectivity index (χ2v) is 6.08. The van der Waals surface area contributed by atoms with Gasteiger partial charge in [-0.05, 0) is 12.1 Å². The molecule has 1 aromatic carbocycles. The zero-order valence-corrected chi connectivity index (χ0v) is 12.7. The molecule has 21 heavy (non-hydrogen) atoms. The molecule has 2 aromatic heterocycles. The van der Waals surface area contributed by atoms with Crippen molar-refractivity contribution >= 4 is 50.8 Å². The second kappa shape index (κ2) is 5.76. The maximum Gasteiger partial charge on any atom is 0.288 e. The molecule has 3 rings (SSSR count). The first-order valence-electron chi connectivity index (χ1n) is 5.70. The molecule has 2 heterocycles. The normalized spacial score (nSPS) is 10.5. The molecule has 0 fully saturated rings. The van der Waals surface area contributed by atoms with Crippen molar-refractivity contribution in [1.82, 2.24) is 9.97 Å². The molecule has 0 atom stereocenters. The van der Waals surface area contributed by atoms with Crippen molar-refractivity contribution in [3.63, 3.8) is 0 Å². The molecule has 0 amide bonds. The van der Waals surface area contributed by atoms with Crippen LogP contribution in [0.2, 0.25) is 5.02 Å². The fourth-order valence-electron chi connectivity index (χ4n) is 1.64. The number of thiazole rings is 2. The summed E-state index contributed by atoms with van der Waals surface area (Å²) in [4.78, 5) is 18.8. The van der Waals surface area contributed by atoms with Crippen LogP contribution < -0.4 is 5.32 Å². The largest absolute Gasteiger partial charge is 0.331 e. The number of benzene rings is 1. The van der Waals surface area contributed by atoms with Crippen molar-refractivity contribution in [2.45, 2.75) is 0 Å². The van der Waals surface area contributed by atoms with E-state index in [4.69, 9.17) is 11.6 Å². The minimum absolute atomic E-state index is 0.0849. The van der Waals surface area contributed by atoms with Crippen LogP contribution >= 0.6 is 34.3 Å². The van der Waals surface area contributed by atoms with Gasteiger partial charge in [-0.1, -0.05) is 11.6 Å². The molecule has 0 aliphatic rings. The number of nitrogens with one attached hydrogen (secondary N) is 1. The van der Waals surface area contributed by atoms with Gasteiger partial charge < -0.3 is 5.32 Å². The monoisotopic (exact) mass is 338 g/mol. The van der Waals surface area contributed by atoms with E-state index in [0.29, 0.717) is 10.8 Å². The zero-order chi connectivity index (χ0) is 14.8. The Balaban J connectivity index is 1.81. The number of hydrogen-bond donors (Lipinski definition) is 1. The number of nitro groups is 1. The summed E-state index contributed by atoms with van der Waals surface area (Å²) in [7, 11) is 0. The van der Waals surface area contributed by atoms with Crippen molar-refractivity contribution in [1.29, 1.82) is 0 Å². The lowest BCUT2D eigenvalue weighted by Gasteiger charge is -2.03. The number of anilines is 2. The SMILES string of the molecule is O=[N+]([O-])c1ccc(Nc2nc(-c3nccs3)cs2)cc1Cl. The van der Waals surface area contributed by atoms with Gasteiger partial charge in [0.1, 0.15) is 15.7 Å². The molecule has 9 heteroatoms. The van der Waals surface area contributed by atoms with Crippen LogP contribution in [0.3, 0.4) is 0 Å². The average Bonchev–Trinajstić information content (AvgIpc) is 3.08. The summed E-state index contributed by atoms with van der Waals surface area (Å²) in [6, 6.07) is 4.46. The highest BCUT2D eigenvalue weighted by molar-refractivity contribution is 7.15. The molecule has 0 saturated heterocycles. The fraction of sp³-hybridized carbons (Fsp3) is 0. The number of halogens is 1. The summed E-state index contributed by atoms with van der Waals surface area (Å²) in [5.74, 6) is 0. The molecule has 0 unspecified atom stereocenters. The maximum atomic E-state index is 10.7. The topological polar surface area (TPSA) is 81.0 Å². The summed E-state index contributed by atoms with van der Waals surface area (Å²) in [6.07, 6.45) is 1.72. The van der Waals surface area contributed by atoms with E-state index in [2.05, 4.69) is 15.3 Å². The number of hydrogen-bond acceptors (Lipinski definition) is 7. The van der Waals surface area contributed by atoms with Crippen LogP contribution in [-0.2, 0) is 0 Å². The minimum atomic E-state index is -0.518. The molecule has 0 spiro atoms. The van der Waals surface area contributed by atoms with Crippen molar-refractivity contribution in [3.8, 4) is 10.7 Å². The summed E-state index contributed by atoms with van der Waals surface area (Å²) >= 11 is 8.81. The first-order chi connectivity index (χ1) is 10.1. The smallest absolute Gasteiger partial charge is 0.288 e. The van der Waals surface area contributed by atoms with E-state index in [1.54, 1.807) is 12.3 Å². The molecule has 1 N–H and O–H groups in total. The highest BCUT2D eigenvalue weighted by atomic mass is 35.5. The van der Waals surface area contributed by atoms with Gasteiger partial charge >= 0.3 is 0 Å². The molecule has 106 valence electrons. The molecule has 6 nitrogen and oxygen atoms in total. The third-order valence-electron chi connectivity index (χ3n) is 2.55. The van der Waals surface area contributed by atoms with Gasteiger partial charge in [-0.25, -0.2) is 9.97 Å². The standard InChI is InChI=1S/C12H7ClN4O2S2/c13-8-5-7(1-2-10(8)17(18)19)15-12-16-9(6-21-12)11-14-3-4-20-11/h1-6H,(H,15,16). The van der Waals surface area contributed by atoms with E-state index in [1.165, 1.54) is 34.8 Å². The molecule has 0 bridgehead atoms.